The van der Waals surface area contributed by atoms with Gasteiger partial charge in [0.25, 0.3) is 0 Å². The Bertz CT molecular complexity index is 782. The summed E-state index contributed by atoms with van der Waals surface area (Å²) in [6.07, 6.45) is 1.85. The molecule has 0 radical (unpaired) electrons. The van der Waals surface area contributed by atoms with E-state index in [1.165, 1.54) is 0 Å². The number of aryl methyl sites for hydroxylation is 1. The SMILES string of the molecule is CN(CCCc1cc(-c2ccccc2)n[nH]1)c1cc(Cl)nc(N)n1. The first-order valence-electron chi connectivity index (χ1n) is 7.73. The van der Waals surface area contributed by atoms with Crippen LogP contribution < -0.4 is 10.6 Å². The number of rotatable bonds is 6. The van der Waals surface area contributed by atoms with Crippen LogP contribution in [0.15, 0.2) is 42.5 Å². The first-order chi connectivity index (χ1) is 11.6. The minimum Gasteiger partial charge on any atom is -0.368 e. The van der Waals surface area contributed by atoms with Crippen molar-refractivity contribution in [3.63, 3.8) is 0 Å². The lowest BCUT2D eigenvalue weighted by Crippen LogP contribution is -2.21. The maximum Gasteiger partial charge on any atom is 0.223 e. The number of nitrogens with two attached hydrogens (primary N) is 1. The Morgan fingerprint density at radius 1 is 1.17 bits per heavy atom. The highest BCUT2D eigenvalue weighted by atomic mass is 35.5. The van der Waals surface area contributed by atoms with Crippen LogP contribution in [0, 0.1) is 0 Å². The van der Waals surface area contributed by atoms with Gasteiger partial charge in [-0.2, -0.15) is 10.1 Å². The molecule has 0 unspecified atom stereocenters. The summed E-state index contributed by atoms with van der Waals surface area (Å²) in [4.78, 5) is 10.1. The van der Waals surface area contributed by atoms with Gasteiger partial charge in [0.15, 0.2) is 0 Å². The summed E-state index contributed by atoms with van der Waals surface area (Å²) in [6.45, 7) is 0.826. The van der Waals surface area contributed by atoms with Gasteiger partial charge >= 0.3 is 0 Å². The van der Waals surface area contributed by atoms with Gasteiger partial charge in [-0.25, -0.2) is 4.98 Å². The van der Waals surface area contributed by atoms with E-state index in [0.29, 0.717) is 5.15 Å². The van der Waals surface area contributed by atoms with Crippen LogP contribution in [0.2, 0.25) is 5.15 Å². The largest absolute Gasteiger partial charge is 0.368 e. The van der Waals surface area contributed by atoms with Gasteiger partial charge in [0, 0.05) is 30.9 Å². The minimum absolute atomic E-state index is 0.186. The number of nitrogens with zero attached hydrogens (tertiary/aromatic N) is 4. The lowest BCUT2D eigenvalue weighted by molar-refractivity contribution is 0.760. The van der Waals surface area contributed by atoms with Crippen LogP contribution in [0.3, 0.4) is 0 Å². The third kappa shape index (κ3) is 4.02. The van der Waals surface area contributed by atoms with E-state index < -0.39 is 0 Å². The molecule has 3 aromatic rings. The molecule has 1 aromatic carbocycles. The van der Waals surface area contributed by atoms with Gasteiger partial charge in [-0.1, -0.05) is 41.9 Å². The molecule has 0 fully saturated rings. The summed E-state index contributed by atoms with van der Waals surface area (Å²) >= 11 is 5.91. The Kier molecular flexibility index (Phi) is 4.96. The van der Waals surface area contributed by atoms with E-state index >= 15 is 0 Å². The predicted octanol–water partition coefficient (Wildman–Crippen LogP) is 3.17. The monoisotopic (exact) mass is 342 g/mol. The van der Waals surface area contributed by atoms with Crippen LogP contribution in [0.25, 0.3) is 11.3 Å². The number of benzene rings is 1. The summed E-state index contributed by atoms with van der Waals surface area (Å²) in [5, 5.41) is 7.83. The number of aromatic amines is 1. The van der Waals surface area contributed by atoms with Crippen LogP contribution in [0.1, 0.15) is 12.1 Å². The zero-order chi connectivity index (χ0) is 16.9. The van der Waals surface area contributed by atoms with E-state index in [4.69, 9.17) is 17.3 Å². The molecule has 124 valence electrons. The average molecular weight is 343 g/mol. The quantitative estimate of drug-likeness (QED) is 0.672. The minimum atomic E-state index is 0.186. The molecule has 3 N–H and O–H groups in total. The number of hydrogen-bond acceptors (Lipinski definition) is 5. The molecule has 24 heavy (non-hydrogen) atoms. The molecule has 0 aliphatic carbocycles. The highest BCUT2D eigenvalue weighted by Crippen LogP contribution is 2.19. The molecule has 0 amide bonds. The topological polar surface area (TPSA) is 83.7 Å². The van der Waals surface area contributed by atoms with Crippen molar-refractivity contribution in [3.8, 4) is 11.3 Å². The Hall–Kier alpha value is -2.60. The molecular weight excluding hydrogens is 324 g/mol. The highest BCUT2D eigenvalue weighted by molar-refractivity contribution is 6.29. The summed E-state index contributed by atoms with van der Waals surface area (Å²) in [6, 6.07) is 13.9. The molecule has 3 rings (SSSR count). The van der Waals surface area contributed by atoms with Gasteiger partial charge in [0.1, 0.15) is 11.0 Å². The van der Waals surface area contributed by atoms with Crippen LogP contribution in [-0.4, -0.2) is 33.8 Å². The third-order valence-corrected chi connectivity index (χ3v) is 3.92. The van der Waals surface area contributed by atoms with E-state index in [-0.39, 0.29) is 5.95 Å². The average Bonchev–Trinajstić information content (AvgIpc) is 3.03. The molecule has 7 heteroatoms. The summed E-state index contributed by atoms with van der Waals surface area (Å²) < 4.78 is 0. The fourth-order valence-corrected chi connectivity index (χ4v) is 2.67. The van der Waals surface area contributed by atoms with Gasteiger partial charge in [-0.05, 0) is 18.9 Å². The molecule has 0 spiro atoms. The zero-order valence-corrected chi connectivity index (χ0v) is 14.2. The number of anilines is 2. The second kappa shape index (κ2) is 7.31. The molecule has 2 aromatic heterocycles. The van der Waals surface area contributed by atoms with Crippen molar-refractivity contribution in [1.82, 2.24) is 20.2 Å². The maximum atomic E-state index is 5.91. The van der Waals surface area contributed by atoms with Crippen molar-refractivity contribution in [2.75, 3.05) is 24.2 Å². The molecule has 0 saturated heterocycles. The number of H-pyrrole nitrogens is 1. The third-order valence-electron chi connectivity index (χ3n) is 3.73. The van der Waals surface area contributed by atoms with Crippen LogP contribution in [0.5, 0.6) is 0 Å². The van der Waals surface area contributed by atoms with Crippen molar-refractivity contribution < 1.29 is 0 Å². The number of nitrogen functional groups attached to an aromatic ring is 1. The lowest BCUT2D eigenvalue weighted by atomic mass is 10.1. The van der Waals surface area contributed by atoms with Crippen molar-refractivity contribution in [1.29, 1.82) is 0 Å². The van der Waals surface area contributed by atoms with E-state index in [9.17, 15) is 0 Å². The number of hydrogen-bond donors (Lipinski definition) is 2. The van der Waals surface area contributed by atoms with Crippen molar-refractivity contribution >= 4 is 23.4 Å². The van der Waals surface area contributed by atoms with E-state index in [2.05, 4.69) is 38.4 Å². The molecule has 2 heterocycles. The number of nitrogens with one attached hydrogen (secondary N) is 1. The lowest BCUT2D eigenvalue weighted by Gasteiger charge is -2.18. The molecule has 0 saturated carbocycles. The Balaban J connectivity index is 1.56. The number of halogens is 1. The molecule has 0 bridgehead atoms. The Labute approximate surface area is 145 Å². The normalized spacial score (nSPS) is 10.8. The maximum absolute atomic E-state index is 5.91. The van der Waals surface area contributed by atoms with E-state index in [1.54, 1.807) is 6.07 Å². The second-order valence-corrected chi connectivity index (χ2v) is 5.96. The molecule has 0 aliphatic heterocycles. The van der Waals surface area contributed by atoms with Gasteiger partial charge in [-0.15, -0.1) is 0 Å². The van der Waals surface area contributed by atoms with E-state index in [0.717, 1.165) is 42.2 Å². The van der Waals surface area contributed by atoms with Crippen molar-refractivity contribution in [2.24, 2.45) is 0 Å². The fraction of sp³-hybridized carbons (Fsp3) is 0.235. The van der Waals surface area contributed by atoms with E-state index in [1.807, 2.05) is 30.1 Å². The Morgan fingerprint density at radius 2 is 1.96 bits per heavy atom. The van der Waals surface area contributed by atoms with Crippen molar-refractivity contribution in [3.05, 3.63) is 53.3 Å². The van der Waals surface area contributed by atoms with Crippen LogP contribution in [0.4, 0.5) is 11.8 Å². The summed E-state index contributed by atoms with van der Waals surface area (Å²) in [5.41, 5.74) is 8.82. The van der Waals surface area contributed by atoms with Gasteiger partial charge in [0.05, 0.1) is 5.69 Å². The van der Waals surface area contributed by atoms with Crippen molar-refractivity contribution in [2.45, 2.75) is 12.8 Å². The van der Waals surface area contributed by atoms with Crippen LogP contribution in [-0.2, 0) is 6.42 Å². The fourth-order valence-electron chi connectivity index (χ4n) is 2.49. The standard InChI is InChI=1S/C17H19ClN6/c1-24(16-11-15(18)20-17(19)21-16)9-5-8-13-10-14(23-22-13)12-6-3-2-4-7-12/h2-4,6-7,10-11H,5,8-9H2,1H3,(H,22,23)(H2,19,20,21). The second-order valence-electron chi connectivity index (χ2n) is 5.58. The van der Waals surface area contributed by atoms with Gasteiger partial charge in [0.2, 0.25) is 5.95 Å². The van der Waals surface area contributed by atoms with Gasteiger partial charge < -0.3 is 10.6 Å². The number of aromatic nitrogens is 4. The zero-order valence-electron chi connectivity index (χ0n) is 13.4. The Morgan fingerprint density at radius 3 is 2.71 bits per heavy atom. The summed E-state index contributed by atoms with van der Waals surface area (Å²) in [5.74, 6) is 0.910. The predicted molar refractivity (Wildman–Crippen MR) is 97.1 cm³/mol. The molecular formula is C17H19ClN6. The first-order valence-corrected chi connectivity index (χ1v) is 8.10. The van der Waals surface area contributed by atoms with Crippen LogP contribution >= 0.6 is 11.6 Å². The smallest absolute Gasteiger partial charge is 0.223 e. The highest BCUT2D eigenvalue weighted by Gasteiger charge is 2.07. The first kappa shape index (κ1) is 16.3. The molecule has 6 nitrogen and oxygen atoms in total. The summed E-state index contributed by atoms with van der Waals surface area (Å²) in [7, 11) is 1.96. The molecule has 0 atom stereocenters. The van der Waals surface area contributed by atoms with Gasteiger partial charge in [-0.3, -0.25) is 5.10 Å². The molecule has 0 aliphatic rings.